The van der Waals surface area contributed by atoms with Crippen molar-refractivity contribution in [3.63, 3.8) is 0 Å². The molecule has 124 valence electrons. The zero-order valence-corrected chi connectivity index (χ0v) is 16.2. The highest BCUT2D eigenvalue weighted by Crippen LogP contribution is 2.35. The lowest BCUT2D eigenvalue weighted by molar-refractivity contribution is 1.18. The van der Waals surface area contributed by atoms with Crippen LogP contribution in [0.2, 0.25) is 0 Å². The fourth-order valence-electron chi connectivity index (χ4n) is 3.71. The number of halogens is 1. The number of aromatic nitrogens is 1. The molecule has 0 aliphatic rings. The Kier molecular flexibility index (Phi) is 3.79. The molecule has 0 unspecified atom stereocenters. The van der Waals surface area contributed by atoms with E-state index in [1.54, 1.807) is 0 Å². The van der Waals surface area contributed by atoms with Crippen molar-refractivity contribution in [3.8, 4) is 16.8 Å². The van der Waals surface area contributed by atoms with E-state index in [9.17, 15) is 0 Å². The van der Waals surface area contributed by atoms with Crippen molar-refractivity contribution in [1.29, 1.82) is 0 Å². The van der Waals surface area contributed by atoms with Gasteiger partial charge < -0.3 is 4.57 Å². The molecule has 4 aromatic carbocycles. The fraction of sp³-hybridized carbons (Fsp3) is 0. The lowest BCUT2D eigenvalue weighted by atomic mass is 10.1. The maximum atomic E-state index is 2.44. The van der Waals surface area contributed by atoms with Crippen LogP contribution in [0.1, 0.15) is 0 Å². The molecule has 26 heavy (non-hydrogen) atoms. The normalized spacial score (nSPS) is 11.3. The molecule has 0 N–H and O–H groups in total. The molecule has 5 rings (SSSR count). The van der Waals surface area contributed by atoms with Gasteiger partial charge in [0.25, 0.3) is 0 Å². The number of nitrogens with zero attached hydrogens (tertiary/aromatic N) is 1. The molecule has 0 aliphatic heterocycles. The second-order valence-electron chi connectivity index (χ2n) is 6.40. The minimum Gasteiger partial charge on any atom is -0.309 e. The van der Waals surface area contributed by atoms with Crippen molar-refractivity contribution in [2.24, 2.45) is 0 Å². The molecule has 2 heteroatoms. The van der Waals surface area contributed by atoms with Gasteiger partial charge in [0, 0.05) is 20.0 Å². The quantitative estimate of drug-likeness (QED) is 0.257. The summed E-state index contributed by atoms with van der Waals surface area (Å²) in [5, 5.41) is 2.63. The first-order valence-corrected chi connectivity index (χ1v) is 9.74. The van der Waals surface area contributed by atoms with Crippen LogP contribution in [0, 0.1) is 3.57 Å². The molecule has 0 amide bonds. The molecule has 0 radical (unpaired) electrons. The Morgan fingerprint density at radius 1 is 0.577 bits per heavy atom. The second kappa shape index (κ2) is 6.29. The van der Waals surface area contributed by atoms with E-state index < -0.39 is 0 Å². The minimum absolute atomic E-state index is 1.19. The summed E-state index contributed by atoms with van der Waals surface area (Å²) in [7, 11) is 0. The fourth-order valence-corrected chi connectivity index (χ4v) is 4.48. The molecule has 1 nitrogen and oxygen atoms in total. The summed E-state index contributed by atoms with van der Waals surface area (Å²) < 4.78 is 3.66. The lowest BCUT2D eigenvalue weighted by Gasteiger charge is -2.10. The number of hydrogen-bond acceptors (Lipinski definition) is 0. The predicted molar refractivity (Wildman–Crippen MR) is 119 cm³/mol. The molecule has 0 atom stereocenters. The summed E-state index contributed by atoms with van der Waals surface area (Å²) in [6, 6.07) is 34.5. The monoisotopic (exact) mass is 445 g/mol. The Balaban J connectivity index is 1.84. The summed E-state index contributed by atoms with van der Waals surface area (Å²) in [6.07, 6.45) is 0. The van der Waals surface area contributed by atoms with Crippen molar-refractivity contribution in [2.45, 2.75) is 0 Å². The van der Waals surface area contributed by atoms with Gasteiger partial charge in [0.15, 0.2) is 0 Å². The third kappa shape index (κ3) is 2.44. The zero-order valence-electron chi connectivity index (χ0n) is 14.1. The van der Waals surface area contributed by atoms with E-state index in [-0.39, 0.29) is 0 Å². The van der Waals surface area contributed by atoms with Crippen LogP contribution >= 0.6 is 22.6 Å². The van der Waals surface area contributed by atoms with E-state index in [0.29, 0.717) is 0 Å². The van der Waals surface area contributed by atoms with E-state index >= 15 is 0 Å². The third-order valence-electron chi connectivity index (χ3n) is 4.86. The summed E-state index contributed by atoms with van der Waals surface area (Å²) in [5.74, 6) is 0. The maximum absolute atomic E-state index is 2.44. The van der Waals surface area contributed by atoms with Crippen molar-refractivity contribution in [1.82, 2.24) is 4.57 Å². The van der Waals surface area contributed by atoms with Gasteiger partial charge in [0.2, 0.25) is 0 Å². The van der Waals surface area contributed by atoms with E-state index in [1.165, 1.54) is 42.2 Å². The van der Waals surface area contributed by atoms with Gasteiger partial charge in [-0.25, -0.2) is 0 Å². The van der Waals surface area contributed by atoms with E-state index in [0.717, 1.165) is 0 Å². The highest BCUT2D eigenvalue weighted by molar-refractivity contribution is 14.1. The highest BCUT2D eigenvalue weighted by Gasteiger charge is 2.14. The average molecular weight is 445 g/mol. The van der Waals surface area contributed by atoms with Crippen LogP contribution in [0.4, 0.5) is 0 Å². The second-order valence-corrected chi connectivity index (χ2v) is 7.57. The van der Waals surface area contributed by atoms with Gasteiger partial charge in [-0.1, -0.05) is 66.7 Å². The summed E-state index contributed by atoms with van der Waals surface area (Å²) in [4.78, 5) is 0. The van der Waals surface area contributed by atoms with Gasteiger partial charge in [0.05, 0.1) is 11.0 Å². The first kappa shape index (κ1) is 15.6. The van der Waals surface area contributed by atoms with E-state index in [4.69, 9.17) is 0 Å². The minimum atomic E-state index is 1.19. The Bertz CT molecular complexity index is 1240. The van der Waals surface area contributed by atoms with Crippen LogP contribution < -0.4 is 0 Å². The SMILES string of the molecule is Ic1cccc2c1c1ccccc1n2-c1cccc(-c2ccccc2)c1. The molecule has 0 fully saturated rings. The Morgan fingerprint density at radius 3 is 2.15 bits per heavy atom. The largest absolute Gasteiger partial charge is 0.309 e. The van der Waals surface area contributed by atoms with Gasteiger partial charge in [-0.05, 0) is 64.0 Å². The molecule has 0 spiro atoms. The maximum Gasteiger partial charge on any atom is 0.0551 e. The Labute approximate surface area is 166 Å². The standard InChI is InChI=1S/C24H16IN/c25-21-13-7-15-23-24(21)20-12-4-5-14-22(20)26(23)19-11-6-10-18(16-19)17-8-2-1-3-9-17/h1-16H. The van der Waals surface area contributed by atoms with Crippen molar-refractivity contribution >= 4 is 44.4 Å². The molecule has 0 saturated carbocycles. The van der Waals surface area contributed by atoms with Crippen LogP contribution in [-0.2, 0) is 0 Å². The van der Waals surface area contributed by atoms with Gasteiger partial charge in [-0.15, -0.1) is 0 Å². The van der Waals surface area contributed by atoms with Gasteiger partial charge in [-0.2, -0.15) is 0 Å². The smallest absolute Gasteiger partial charge is 0.0551 e. The topological polar surface area (TPSA) is 4.93 Å². The van der Waals surface area contributed by atoms with Crippen molar-refractivity contribution in [3.05, 3.63) is 101 Å². The summed E-state index contributed by atoms with van der Waals surface area (Å²) >= 11 is 2.44. The molecule has 1 heterocycles. The number of fused-ring (bicyclic) bond motifs is 3. The molecular formula is C24H16IN. The number of benzene rings is 4. The van der Waals surface area contributed by atoms with Crippen LogP contribution in [0.5, 0.6) is 0 Å². The van der Waals surface area contributed by atoms with Crippen LogP contribution in [-0.4, -0.2) is 4.57 Å². The first-order chi connectivity index (χ1) is 12.8. The summed E-state index contributed by atoms with van der Waals surface area (Å²) in [5.41, 5.74) is 6.17. The number of hydrogen-bond donors (Lipinski definition) is 0. The van der Waals surface area contributed by atoms with E-state index in [1.807, 2.05) is 0 Å². The molecular weight excluding hydrogens is 429 g/mol. The predicted octanol–water partition coefficient (Wildman–Crippen LogP) is 7.06. The average Bonchev–Trinajstić information content (AvgIpc) is 3.04. The van der Waals surface area contributed by atoms with Crippen molar-refractivity contribution < 1.29 is 0 Å². The number of rotatable bonds is 2. The zero-order chi connectivity index (χ0) is 17.5. The van der Waals surface area contributed by atoms with Gasteiger partial charge >= 0.3 is 0 Å². The van der Waals surface area contributed by atoms with Crippen LogP contribution in [0.3, 0.4) is 0 Å². The van der Waals surface area contributed by atoms with Gasteiger partial charge in [0.1, 0.15) is 0 Å². The summed E-state index contributed by atoms with van der Waals surface area (Å²) in [6.45, 7) is 0. The highest BCUT2D eigenvalue weighted by atomic mass is 127. The third-order valence-corrected chi connectivity index (χ3v) is 5.76. The lowest BCUT2D eigenvalue weighted by Crippen LogP contribution is -1.94. The van der Waals surface area contributed by atoms with Gasteiger partial charge in [-0.3, -0.25) is 0 Å². The van der Waals surface area contributed by atoms with Crippen molar-refractivity contribution in [2.75, 3.05) is 0 Å². The first-order valence-electron chi connectivity index (χ1n) is 8.66. The Hall–Kier alpha value is -2.59. The number of para-hydroxylation sites is 1. The van der Waals surface area contributed by atoms with Crippen LogP contribution in [0.25, 0.3) is 38.6 Å². The van der Waals surface area contributed by atoms with E-state index in [2.05, 4.69) is 124 Å². The van der Waals surface area contributed by atoms with Crippen LogP contribution in [0.15, 0.2) is 97.1 Å². The molecule has 0 bridgehead atoms. The molecule has 1 aromatic heterocycles. The Morgan fingerprint density at radius 2 is 1.27 bits per heavy atom. The molecule has 0 saturated heterocycles. The molecule has 5 aromatic rings. The molecule has 0 aliphatic carbocycles.